The van der Waals surface area contributed by atoms with Gasteiger partial charge in [-0.1, -0.05) is 12.1 Å². The third-order valence-electron chi connectivity index (χ3n) is 5.08. The van der Waals surface area contributed by atoms with Crippen molar-refractivity contribution >= 4 is 23.5 Å². The third-order valence-corrected chi connectivity index (χ3v) is 5.08. The van der Waals surface area contributed by atoms with Crippen LogP contribution in [0, 0.1) is 11.8 Å². The van der Waals surface area contributed by atoms with Gasteiger partial charge in [-0.2, -0.15) is 0 Å². The van der Waals surface area contributed by atoms with Gasteiger partial charge in [0.15, 0.2) is 0 Å². The first-order valence-corrected chi connectivity index (χ1v) is 8.88. The number of carboxylic acid groups (broad SMARTS) is 1. The molecule has 6 heteroatoms. The second kappa shape index (κ2) is 7.25. The molecule has 3 rings (SSSR count). The topological polar surface area (TPSA) is 86.7 Å². The predicted molar refractivity (Wildman–Crippen MR) is 93.2 cm³/mol. The molecule has 134 valence electrons. The van der Waals surface area contributed by atoms with Crippen LogP contribution >= 0.6 is 0 Å². The molecule has 0 spiro atoms. The Balaban J connectivity index is 1.57. The number of amides is 2. The highest BCUT2D eigenvalue weighted by Gasteiger charge is 2.36. The van der Waals surface area contributed by atoms with Crippen LogP contribution in [0.2, 0.25) is 0 Å². The van der Waals surface area contributed by atoms with Crippen LogP contribution < -0.4 is 5.32 Å². The number of piperidine rings is 1. The van der Waals surface area contributed by atoms with E-state index in [4.69, 9.17) is 5.11 Å². The van der Waals surface area contributed by atoms with Gasteiger partial charge in [-0.05, 0) is 50.3 Å². The molecule has 0 aromatic heterocycles. The average Bonchev–Trinajstić information content (AvgIpc) is 3.46. The fraction of sp³-hybridized carbons (Fsp3) is 0.526. The van der Waals surface area contributed by atoms with Gasteiger partial charge < -0.3 is 15.3 Å². The summed E-state index contributed by atoms with van der Waals surface area (Å²) in [5.41, 5.74) is 1.35. The van der Waals surface area contributed by atoms with Crippen LogP contribution in [-0.2, 0) is 14.4 Å². The van der Waals surface area contributed by atoms with Crippen LogP contribution in [0.4, 0.5) is 5.69 Å². The molecule has 1 saturated carbocycles. The molecule has 1 saturated heterocycles. The standard InChI is InChI=1S/C19H24N2O4/c1-12(19(24)25)13-6-8-16(9-7-13)20-17(22)15-3-2-10-21(11-15)18(23)14-4-5-14/h6-9,12,14-15H,2-5,10-11H2,1H3,(H,20,22)(H,24,25). The first-order chi connectivity index (χ1) is 12.0. The van der Waals surface area contributed by atoms with Crippen molar-refractivity contribution in [3.63, 3.8) is 0 Å². The van der Waals surface area contributed by atoms with Crippen LogP contribution in [0.5, 0.6) is 0 Å². The molecule has 6 nitrogen and oxygen atoms in total. The van der Waals surface area contributed by atoms with Crippen molar-refractivity contribution in [1.82, 2.24) is 4.90 Å². The lowest BCUT2D eigenvalue weighted by molar-refractivity contribution is -0.138. The van der Waals surface area contributed by atoms with Crippen molar-refractivity contribution in [3.8, 4) is 0 Å². The molecule has 2 unspecified atom stereocenters. The van der Waals surface area contributed by atoms with E-state index in [1.54, 1.807) is 31.2 Å². The maximum atomic E-state index is 12.5. The monoisotopic (exact) mass is 344 g/mol. The second-order valence-electron chi connectivity index (χ2n) is 7.07. The van der Waals surface area contributed by atoms with Gasteiger partial charge in [0.2, 0.25) is 11.8 Å². The fourth-order valence-electron chi connectivity index (χ4n) is 3.22. The van der Waals surface area contributed by atoms with Crippen LogP contribution in [0.1, 0.15) is 44.1 Å². The number of hydrogen-bond acceptors (Lipinski definition) is 3. The Morgan fingerprint density at radius 1 is 1.12 bits per heavy atom. The van der Waals surface area contributed by atoms with Crippen LogP contribution in [0.25, 0.3) is 0 Å². The summed E-state index contributed by atoms with van der Waals surface area (Å²) < 4.78 is 0. The summed E-state index contributed by atoms with van der Waals surface area (Å²) >= 11 is 0. The molecule has 1 aliphatic heterocycles. The maximum absolute atomic E-state index is 12.5. The number of benzene rings is 1. The molecule has 2 atom stereocenters. The van der Waals surface area contributed by atoms with Crippen molar-refractivity contribution in [2.75, 3.05) is 18.4 Å². The molecule has 0 bridgehead atoms. The van der Waals surface area contributed by atoms with Gasteiger partial charge in [0, 0.05) is 24.7 Å². The molecule has 2 N–H and O–H groups in total. The molecule has 25 heavy (non-hydrogen) atoms. The lowest BCUT2D eigenvalue weighted by Gasteiger charge is -2.32. The van der Waals surface area contributed by atoms with Crippen LogP contribution in [0.15, 0.2) is 24.3 Å². The summed E-state index contributed by atoms with van der Waals surface area (Å²) in [5.74, 6) is -1.33. The van der Waals surface area contributed by atoms with Crippen LogP contribution in [0.3, 0.4) is 0 Å². The number of anilines is 1. The third kappa shape index (κ3) is 4.18. The first-order valence-electron chi connectivity index (χ1n) is 8.88. The highest BCUT2D eigenvalue weighted by molar-refractivity contribution is 5.93. The van der Waals surface area contributed by atoms with Crippen LogP contribution in [-0.4, -0.2) is 40.9 Å². The lowest BCUT2D eigenvalue weighted by atomic mass is 9.96. The van der Waals surface area contributed by atoms with Gasteiger partial charge in [-0.15, -0.1) is 0 Å². The minimum Gasteiger partial charge on any atom is -0.481 e. The smallest absolute Gasteiger partial charge is 0.310 e. The van der Waals surface area contributed by atoms with E-state index in [-0.39, 0.29) is 23.7 Å². The van der Waals surface area contributed by atoms with Crippen molar-refractivity contribution in [2.45, 2.75) is 38.5 Å². The molecule has 1 aromatic carbocycles. The highest BCUT2D eigenvalue weighted by atomic mass is 16.4. The number of aliphatic carboxylic acids is 1. The molecule has 0 radical (unpaired) electrons. The number of carbonyl (C=O) groups is 3. The first kappa shape index (κ1) is 17.5. The van der Waals surface area contributed by atoms with Gasteiger partial charge in [0.05, 0.1) is 11.8 Å². The quantitative estimate of drug-likeness (QED) is 0.859. The summed E-state index contributed by atoms with van der Waals surface area (Å²) in [7, 11) is 0. The molecule has 2 aliphatic rings. The molecule has 1 heterocycles. The van der Waals surface area contributed by atoms with Gasteiger partial charge in [-0.3, -0.25) is 14.4 Å². The minimum atomic E-state index is -0.876. The Morgan fingerprint density at radius 3 is 2.40 bits per heavy atom. The zero-order valence-corrected chi connectivity index (χ0v) is 14.4. The normalized spacial score (nSPS) is 21.5. The summed E-state index contributed by atoms with van der Waals surface area (Å²) in [5, 5.41) is 11.9. The Morgan fingerprint density at radius 2 is 1.80 bits per heavy atom. The highest BCUT2D eigenvalue weighted by Crippen LogP contribution is 2.32. The van der Waals surface area contributed by atoms with E-state index < -0.39 is 11.9 Å². The number of carbonyl (C=O) groups excluding carboxylic acids is 2. The largest absolute Gasteiger partial charge is 0.481 e. The van der Waals surface area contributed by atoms with E-state index >= 15 is 0 Å². The second-order valence-corrected chi connectivity index (χ2v) is 7.07. The summed E-state index contributed by atoms with van der Waals surface area (Å²) in [4.78, 5) is 37.5. The van der Waals surface area contributed by atoms with Gasteiger partial charge in [0.1, 0.15) is 0 Å². The Labute approximate surface area is 147 Å². The molecule has 2 amide bonds. The van der Waals surface area contributed by atoms with E-state index in [9.17, 15) is 14.4 Å². The van der Waals surface area contributed by atoms with E-state index in [1.165, 1.54) is 0 Å². The summed E-state index contributed by atoms with van der Waals surface area (Å²) in [6.07, 6.45) is 3.60. The molecular formula is C19H24N2O4. The van der Waals surface area contributed by atoms with Gasteiger partial charge in [-0.25, -0.2) is 0 Å². The zero-order chi connectivity index (χ0) is 18.0. The number of carboxylic acids is 1. The lowest BCUT2D eigenvalue weighted by Crippen LogP contribution is -2.44. The molecule has 1 aliphatic carbocycles. The molecular weight excluding hydrogens is 320 g/mol. The van der Waals surface area contributed by atoms with Crippen molar-refractivity contribution in [1.29, 1.82) is 0 Å². The van der Waals surface area contributed by atoms with E-state index in [2.05, 4.69) is 5.32 Å². The number of hydrogen-bond donors (Lipinski definition) is 2. The van der Waals surface area contributed by atoms with Crippen molar-refractivity contribution in [2.24, 2.45) is 11.8 Å². The number of nitrogens with one attached hydrogen (secondary N) is 1. The van der Waals surface area contributed by atoms with E-state index in [1.807, 2.05) is 4.90 Å². The summed E-state index contributed by atoms with van der Waals surface area (Å²) in [6.45, 7) is 2.87. The van der Waals surface area contributed by atoms with E-state index in [0.29, 0.717) is 17.8 Å². The minimum absolute atomic E-state index is 0.0765. The van der Waals surface area contributed by atoms with Gasteiger partial charge >= 0.3 is 5.97 Å². The maximum Gasteiger partial charge on any atom is 0.310 e. The Bertz CT molecular complexity index is 667. The molecule has 2 fully saturated rings. The van der Waals surface area contributed by atoms with Gasteiger partial charge in [0.25, 0.3) is 0 Å². The Kier molecular flexibility index (Phi) is 5.06. The fourth-order valence-corrected chi connectivity index (χ4v) is 3.22. The average molecular weight is 344 g/mol. The zero-order valence-electron chi connectivity index (χ0n) is 14.4. The molecule has 1 aromatic rings. The van der Waals surface area contributed by atoms with Crippen molar-refractivity contribution < 1.29 is 19.5 Å². The van der Waals surface area contributed by atoms with Crippen molar-refractivity contribution in [3.05, 3.63) is 29.8 Å². The SMILES string of the molecule is CC(C(=O)O)c1ccc(NC(=O)C2CCCN(C(=O)C3CC3)C2)cc1. The van der Waals surface area contributed by atoms with E-state index in [0.717, 1.165) is 32.2 Å². The summed E-state index contributed by atoms with van der Waals surface area (Å²) in [6, 6.07) is 6.89. The number of nitrogens with zero attached hydrogens (tertiary/aromatic N) is 1. The Hall–Kier alpha value is -2.37. The predicted octanol–water partition coefficient (Wildman–Crippen LogP) is 2.46. The number of likely N-dealkylation sites (tertiary alicyclic amines) is 1. The number of rotatable bonds is 5.